The van der Waals surface area contributed by atoms with Gasteiger partial charge in [-0.1, -0.05) is 6.07 Å². The molecule has 0 spiro atoms. The summed E-state index contributed by atoms with van der Waals surface area (Å²) in [6.07, 6.45) is 0.149. The maximum atomic E-state index is 11.1. The summed E-state index contributed by atoms with van der Waals surface area (Å²) >= 11 is 0. The molecule has 1 aliphatic rings. The number of carbonyl (C=O) groups is 1. The van der Waals surface area contributed by atoms with E-state index in [4.69, 9.17) is 15.2 Å². The normalized spacial score (nSPS) is 15.2. The zero-order valence-electron chi connectivity index (χ0n) is 9.64. The molecule has 5 heteroatoms. The minimum absolute atomic E-state index is 0.149. The number of hydrogen-bond donors (Lipinski definition) is 1. The number of benzene rings is 1. The molecule has 2 rings (SSSR count). The smallest absolute Gasteiger partial charge is 0.307 e. The van der Waals surface area contributed by atoms with Crippen LogP contribution in [0.5, 0.6) is 11.5 Å². The lowest BCUT2D eigenvalue weighted by molar-refractivity contribution is -0.141. The zero-order chi connectivity index (χ0) is 12.3. The van der Waals surface area contributed by atoms with E-state index in [0.29, 0.717) is 24.7 Å². The van der Waals surface area contributed by atoms with Crippen molar-refractivity contribution in [3.63, 3.8) is 0 Å². The maximum absolute atomic E-state index is 11.1. The summed E-state index contributed by atoms with van der Waals surface area (Å²) in [5.41, 5.74) is 6.74. The number of carbonyl (C=O) groups excluding carboxylic acids is 1. The highest BCUT2D eigenvalue weighted by Crippen LogP contribution is 2.32. The summed E-state index contributed by atoms with van der Waals surface area (Å²) in [7, 11) is 1.35. The van der Waals surface area contributed by atoms with E-state index in [1.807, 2.05) is 12.1 Å². The Labute approximate surface area is 99.5 Å². The summed E-state index contributed by atoms with van der Waals surface area (Å²) < 4.78 is 15.4. The van der Waals surface area contributed by atoms with Crippen LogP contribution in [0.3, 0.4) is 0 Å². The van der Waals surface area contributed by atoms with Crippen molar-refractivity contribution in [3.05, 3.63) is 23.8 Å². The van der Waals surface area contributed by atoms with Gasteiger partial charge in [0.1, 0.15) is 13.2 Å². The Balaban J connectivity index is 2.13. The van der Waals surface area contributed by atoms with Crippen LogP contribution in [0, 0.1) is 0 Å². The molecule has 5 nitrogen and oxygen atoms in total. The first-order valence-corrected chi connectivity index (χ1v) is 5.42. The third kappa shape index (κ3) is 2.68. The lowest BCUT2D eigenvalue weighted by Gasteiger charge is -2.20. The van der Waals surface area contributed by atoms with Crippen molar-refractivity contribution in [2.24, 2.45) is 5.73 Å². The zero-order valence-corrected chi connectivity index (χ0v) is 9.64. The molecule has 0 amide bonds. The Bertz CT molecular complexity index is 419. The molecule has 1 heterocycles. The molecule has 0 aromatic heterocycles. The molecule has 0 saturated carbocycles. The number of ether oxygens (including phenoxy) is 3. The van der Waals surface area contributed by atoms with E-state index in [-0.39, 0.29) is 12.4 Å². The molecular weight excluding hydrogens is 222 g/mol. The lowest BCUT2D eigenvalue weighted by atomic mass is 10.0. The van der Waals surface area contributed by atoms with Crippen LogP contribution in [0.2, 0.25) is 0 Å². The molecule has 1 aromatic rings. The van der Waals surface area contributed by atoms with Gasteiger partial charge in [-0.15, -0.1) is 0 Å². The minimum atomic E-state index is -0.390. The first kappa shape index (κ1) is 11.7. The van der Waals surface area contributed by atoms with Crippen LogP contribution in [-0.4, -0.2) is 26.3 Å². The molecule has 1 atom stereocenters. The van der Waals surface area contributed by atoms with Crippen LogP contribution >= 0.6 is 0 Å². The Hall–Kier alpha value is -1.75. The molecular formula is C12H15NO4. The predicted octanol–water partition coefficient (Wildman–Crippen LogP) is 1.02. The van der Waals surface area contributed by atoms with E-state index >= 15 is 0 Å². The molecule has 0 fully saturated rings. The van der Waals surface area contributed by atoms with Gasteiger partial charge in [0.25, 0.3) is 0 Å². The summed E-state index contributed by atoms with van der Waals surface area (Å²) in [5, 5.41) is 0. The van der Waals surface area contributed by atoms with Gasteiger partial charge in [0.2, 0.25) is 0 Å². The second kappa shape index (κ2) is 5.05. The average molecular weight is 237 g/mol. The fourth-order valence-electron chi connectivity index (χ4n) is 1.67. The minimum Gasteiger partial charge on any atom is -0.486 e. The first-order valence-electron chi connectivity index (χ1n) is 5.42. The standard InChI is InChI=1S/C12H15NO4/c1-15-12(14)7-9(13)8-2-3-10-11(6-8)17-5-4-16-10/h2-3,6,9H,4-5,7,13H2,1H3/t9-/m0/s1. The van der Waals surface area contributed by atoms with Crippen molar-refractivity contribution in [3.8, 4) is 11.5 Å². The monoisotopic (exact) mass is 237 g/mol. The molecule has 0 bridgehead atoms. The fraction of sp³-hybridized carbons (Fsp3) is 0.417. The summed E-state index contributed by atoms with van der Waals surface area (Å²) in [6.45, 7) is 1.09. The van der Waals surface area contributed by atoms with E-state index in [1.54, 1.807) is 6.07 Å². The van der Waals surface area contributed by atoms with E-state index in [9.17, 15) is 4.79 Å². The number of esters is 1. The number of hydrogen-bond acceptors (Lipinski definition) is 5. The lowest BCUT2D eigenvalue weighted by Crippen LogP contribution is -2.18. The quantitative estimate of drug-likeness (QED) is 0.795. The van der Waals surface area contributed by atoms with E-state index in [1.165, 1.54) is 7.11 Å². The van der Waals surface area contributed by atoms with Crippen LogP contribution < -0.4 is 15.2 Å². The molecule has 0 aliphatic carbocycles. The third-order valence-corrected chi connectivity index (χ3v) is 2.61. The SMILES string of the molecule is COC(=O)C[C@H](N)c1ccc2c(c1)OCCO2. The van der Waals surface area contributed by atoms with Gasteiger partial charge in [-0.3, -0.25) is 4.79 Å². The highest BCUT2D eigenvalue weighted by molar-refractivity contribution is 5.70. The van der Waals surface area contributed by atoms with E-state index in [0.717, 1.165) is 5.56 Å². The Morgan fingerprint density at radius 1 is 1.41 bits per heavy atom. The molecule has 1 aliphatic heterocycles. The topological polar surface area (TPSA) is 70.8 Å². The van der Waals surface area contributed by atoms with E-state index < -0.39 is 6.04 Å². The van der Waals surface area contributed by atoms with Crippen LogP contribution in [0.4, 0.5) is 0 Å². The molecule has 92 valence electrons. The highest BCUT2D eigenvalue weighted by atomic mass is 16.6. The van der Waals surface area contributed by atoms with Gasteiger partial charge in [0, 0.05) is 6.04 Å². The van der Waals surface area contributed by atoms with Crippen molar-refractivity contribution in [2.75, 3.05) is 20.3 Å². The van der Waals surface area contributed by atoms with Crippen LogP contribution in [0.15, 0.2) is 18.2 Å². The summed E-state index contributed by atoms with van der Waals surface area (Å²) in [6, 6.07) is 5.06. The number of fused-ring (bicyclic) bond motifs is 1. The second-order valence-electron chi connectivity index (χ2n) is 3.79. The van der Waals surface area contributed by atoms with Crippen molar-refractivity contribution < 1.29 is 19.0 Å². The molecule has 17 heavy (non-hydrogen) atoms. The Kier molecular flexibility index (Phi) is 3.49. The fourth-order valence-corrected chi connectivity index (χ4v) is 1.67. The van der Waals surface area contributed by atoms with Crippen molar-refractivity contribution >= 4 is 5.97 Å². The first-order chi connectivity index (χ1) is 8.20. The van der Waals surface area contributed by atoms with Gasteiger partial charge in [-0.2, -0.15) is 0 Å². The van der Waals surface area contributed by atoms with Crippen LogP contribution in [-0.2, 0) is 9.53 Å². The number of methoxy groups -OCH3 is 1. The van der Waals surface area contributed by atoms with E-state index in [2.05, 4.69) is 4.74 Å². The Morgan fingerprint density at radius 2 is 2.12 bits per heavy atom. The third-order valence-electron chi connectivity index (χ3n) is 2.61. The van der Waals surface area contributed by atoms with Crippen molar-refractivity contribution in [2.45, 2.75) is 12.5 Å². The largest absolute Gasteiger partial charge is 0.486 e. The van der Waals surface area contributed by atoms with Crippen molar-refractivity contribution in [1.29, 1.82) is 0 Å². The molecule has 0 radical (unpaired) electrons. The van der Waals surface area contributed by atoms with Crippen LogP contribution in [0.25, 0.3) is 0 Å². The Morgan fingerprint density at radius 3 is 2.82 bits per heavy atom. The van der Waals surface area contributed by atoms with Gasteiger partial charge in [-0.05, 0) is 17.7 Å². The van der Waals surface area contributed by atoms with Crippen LogP contribution in [0.1, 0.15) is 18.0 Å². The molecule has 0 unspecified atom stereocenters. The average Bonchev–Trinajstić information content (AvgIpc) is 2.38. The van der Waals surface area contributed by atoms with Gasteiger partial charge in [0.15, 0.2) is 11.5 Å². The summed E-state index contributed by atoms with van der Waals surface area (Å²) in [5.74, 6) is 1.06. The molecule has 2 N–H and O–H groups in total. The van der Waals surface area contributed by atoms with Crippen molar-refractivity contribution in [1.82, 2.24) is 0 Å². The van der Waals surface area contributed by atoms with Gasteiger partial charge in [-0.25, -0.2) is 0 Å². The molecule has 0 saturated heterocycles. The second-order valence-corrected chi connectivity index (χ2v) is 3.79. The number of nitrogens with two attached hydrogens (primary N) is 1. The van der Waals surface area contributed by atoms with Gasteiger partial charge >= 0.3 is 5.97 Å². The summed E-state index contributed by atoms with van der Waals surface area (Å²) in [4.78, 5) is 11.1. The highest BCUT2D eigenvalue weighted by Gasteiger charge is 2.16. The maximum Gasteiger partial charge on any atom is 0.307 e. The van der Waals surface area contributed by atoms with Gasteiger partial charge < -0.3 is 19.9 Å². The van der Waals surface area contributed by atoms with Gasteiger partial charge in [0.05, 0.1) is 13.5 Å². The molecule has 1 aromatic carbocycles. The number of rotatable bonds is 3. The predicted molar refractivity (Wildman–Crippen MR) is 61.0 cm³/mol.